The molecule has 0 aromatic heterocycles. The second-order valence-corrected chi connectivity index (χ2v) is 7.74. The summed E-state index contributed by atoms with van der Waals surface area (Å²) in [6, 6.07) is 0. The van der Waals surface area contributed by atoms with Gasteiger partial charge >= 0.3 is 0 Å². The van der Waals surface area contributed by atoms with Gasteiger partial charge in [-0.05, 0) is 32.6 Å². The molecule has 0 saturated carbocycles. The molecule has 1 heterocycles. The van der Waals surface area contributed by atoms with Gasteiger partial charge in [0.1, 0.15) is 0 Å². The molecular formula is C15H32N4O4S. The van der Waals surface area contributed by atoms with E-state index in [1.54, 1.807) is 14.0 Å². The summed E-state index contributed by atoms with van der Waals surface area (Å²) < 4.78 is 36.2. The third-order valence-electron chi connectivity index (χ3n) is 3.66. The van der Waals surface area contributed by atoms with E-state index < -0.39 is 10.0 Å². The van der Waals surface area contributed by atoms with Crippen molar-refractivity contribution in [1.29, 1.82) is 0 Å². The van der Waals surface area contributed by atoms with E-state index in [2.05, 4.69) is 20.3 Å². The molecule has 0 aromatic carbocycles. The molecule has 1 saturated heterocycles. The number of aliphatic imine (C=N–C) groups is 1. The van der Waals surface area contributed by atoms with Gasteiger partial charge in [0.15, 0.2) is 5.96 Å². The average Bonchev–Trinajstić information content (AvgIpc) is 3.09. The molecule has 1 fully saturated rings. The van der Waals surface area contributed by atoms with E-state index in [9.17, 15) is 8.42 Å². The SMILES string of the molecule is CCS(=O)(=O)NCCCNC(=NC)NCCCOCC1CCCO1. The first-order chi connectivity index (χ1) is 11.6. The minimum absolute atomic E-state index is 0.110. The molecule has 0 spiro atoms. The Labute approximate surface area is 145 Å². The maximum Gasteiger partial charge on any atom is 0.211 e. The van der Waals surface area contributed by atoms with Crippen molar-refractivity contribution in [3.05, 3.63) is 0 Å². The fourth-order valence-electron chi connectivity index (χ4n) is 2.22. The number of nitrogens with zero attached hydrogens (tertiary/aromatic N) is 1. The van der Waals surface area contributed by atoms with Gasteiger partial charge in [0, 0.05) is 39.9 Å². The maximum atomic E-state index is 11.3. The fraction of sp³-hybridized carbons (Fsp3) is 0.933. The van der Waals surface area contributed by atoms with Crippen LogP contribution in [0.1, 0.15) is 32.6 Å². The highest BCUT2D eigenvalue weighted by molar-refractivity contribution is 7.89. The summed E-state index contributed by atoms with van der Waals surface area (Å²) in [6.07, 6.45) is 4.10. The molecule has 1 unspecified atom stereocenters. The molecule has 3 N–H and O–H groups in total. The Morgan fingerprint density at radius 2 is 2.00 bits per heavy atom. The molecule has 1 aliphatic rings. The standard InChI is InChI=1S/C15H32N4O4S/c1-3-24(20,21)19-10-5-8-17-15(16-2)18-9-6-11-22-13-14-7-4-12-23-14/h14,19H,3-13H2,1-2H3,(H2,16,17,18). The molecule has 1 aliphatic heterocycles. The van der Waals surface area contributed by atoms with Crippen LogP contribution in [-0.4, -0.2) is 72.7 Å². The van der Waals surface area contributed by atoms with Gasteiger partial charge in [-0.3, -0.25) is 4.99 Å². The largest absolute Gasteiger partial charge is 0.379 e. The number of hydrogen-bond acceptors (Lipinski definition) is 5. The minimum Gasteiger partial charge on any atom is -0.379 e. The summed E-state index contributed by atoms with van der Waals surface area (Å²) in [5.41, 5.74) is 0. The predicted octanol–water partition coefficient (Wildman–Crippen LogP) is 0.0665. The summed E-state index contributed by atoms with van der Waals surface area (Å²) >= 11 is 0. The Morgan fingerprint density at radius 1 is 1.25 bits per heavy atom. The van der Waals surface area contributed by atoms with Crippen LogP contribution in [0, 0.1) is 0 Å². The first-order valence-corrected chi connectivity index (χ1v) is 10.3. The monoisotopic (exact) mass is 364 g/mol. The lowest BCUT2D eigenvalue weighted by Gasteiger charge is -2.13. The number of hydrogen-bond donors (Lipinski definition) is 3. The van der Waals surface area contributed by atoms with Crippen LogP contribution in [0.4, 0.5) is 0 Å². The average molecular weight is 365 g/mol. The van der Waals surface area contributed by atoms with Crippen molar-refractivity contribution in [2.75, 3.05) is 52.3 Å². The Kier molecular flexibility index (Phi) is 11.0. The minimum atomic E-state index is -3.10. The summed E-state index contributed by atoms with van der Waals surface area (Å²) in [7, 11) is -1.39. The molecule has 0 aromatic rings. The van der Waals surface area contributed by atoms with Gasteiger partial charge in [-0.1, -0.05) is 0 Å². The Balaban J connectivity index is 1.96. The Bertz CT molecular complexity index is 450. The van der Waals surface area contributed by atoms with Crippen molar-refractivity contribution < 1.29 is 17.9 Å². The zero-order valence-electron chi connectivity index (χ0n) is 14.8. The first-order valence-electron chi connectivity index (χ1n) is 8.68. The highest BCUT2D eigenvalue weighted by atomic mass is 32.2. The lowest BCUT2D eigenvalue weighted by molar-refractivity contribution is 0.0168. The highest BCUT2D eigenvalue weighted by Crippen LogP contribution is 2.11. The van der Waals surface area contributed by atoms with Crippen LogP contribution >= 0.6 is 0 Å². The van der Waals surface area contributed by atoms with E-state index in [0.717, 1.165) is 32.4 Å². The van der Waals surface area contributed by atoms with Gasteiger partial charge < -0.3 is 20.1 Å². The zero-order chi connectivity index (χ0) is 17.7. The smallest absolute Gasteiger partial charge is 0.211 e. The van der Waals surface area contributed by atoms with Crippen molar-refractivity contribution in [2.24, 2.45) is 4.99 Å². The second-order valence-electron chi connectivity index (χ2n) is 5.64. The van der Waals surface area contributed by atoms with Gasteiger partial charge in [0.05, 0.1) is 18.5 Å². The van der Waals surface area contributed by atoms with Gasteiger partial charge in [-0.15, -0.1) is 0 Å². The van der Waals surface area contributed by atoms with Crippen LogP contribution in [0.2, 0.25) is 0 Å². The van der Waals surface area contributed by atoms with Crippen LogP contribution in [0.25, 0.3) is 0 Å². The van der Waals surface area contributed by atoms with Crippen LogP contribution in [-0.2, 0) is 19.5 Å². The molecule has 8 nitrogen and oxygen atoms in total. The topological polar surface area (TPSA) is 101 Å². The van der Waals surface area contributed by atoms with Crippen molar-refractivity contribution in [1.82, 2.24) is 15.4 Å². The molecule has 9 heteroatoms. The molecule has 1 atom stereocenters. The number of ether oxygens (including phenoxy) is 2. The fourth-order valence-corrected chi connectivity index (χ4v) is 2.88. The molecule has 0 aliphatic carbocycles. The van der Waals surface area contributed by atoms with Gasteiger partial charge in [0.25, 0.3) is 0 Å². The summed E-state index contributed by atoms with van der Waals surface area (Å²) in [5.74, 6) is 0.825. The van der Waals surface area contributed by atoms with E-state index >= 15 is 0 Å². The van der Waals surface area contributed by atoms with Crippen molar-refractivity contribution >= 4 is 16.0 Å². The van der Waals surface area contributed by atoms with E-state index in [0.29, 0.717) is 38.7 Å². The van der Waals surface area contributed by atoms with E-state index in [-0.39, 0.29) is 11.9 Å². The highest BCUT2D eigenvalue weighted by Gasteiger charge is 2.14. The lowest BCUT2D eigenvalue weighted by atomic mass is 10.2. The molecule has 1 rings (SSSR count). The third kappa shape index (κ3) is 10.1. The number of nitrogens with one attached hydrogen (secondary N) is 3. The molecule has 0 bridgehead atoms. The van der Waals surface area contributed by atoms with Crippen molar-refractivity contribution in [3.63, 3.8) is 0 Å². The molecule has 24 heavy (non-hydrogen) atoms. The van der Waals surface area contributed by atoms with Gasteiger partial charge in [-0.25, -0.2) is 13.1 Å². The Morgan fingerprint density at radius 3 is 2.62 bits per heavy atom. The quantitative estimate of drug-likeness (QED) is 0.257. The molecule has 0 radical (unpaired) electrons. The maximum absolute atomic E-state index is 11.3. The zero-order valence-corrected chi connectivity index (χ0v) is 15.7. The molecule has 142 valence electrons. The first kappa shape index (κ1) is 21.1. The normalized spacial score (nSPS) is 18.8. The predicted molar refractivity (Wildman–Crippen MR) is 95.9 cm³/mol. The number of rotatable bonds is 12. The van der Waals surface area contributed by atoms with Gasteiger partial charge in [0.2, 0.25) is 10.0 Å². The molecule has 0 amide bonds. The third-order valence-corrected chi connectivity index (χ3v) is 5.06. The summed E-state index contributed by atoms with van der Waals surface area (Å²) in [4.78, 5) is 4.13. The summed E-state index contributed by atoms with van der Waals surface area (Å²) in [6.45, 7) is 5.71. The van der Waals surface area contributed by atoms with Crippen molar-refractivity contribution in [2.45, 2.75) is 38.7 Å². The van der Waals surface area contributed by atoms with Gasteiger partial charge in [-0.2, -0.15) is 0 Å². The van der Waals surface area contributed by atoms with E-state index in [1.165, 1.54) is 0 Å². The van der Waals surface area contributed by atoms with Crippen molar-refractivity contribution in [3.8, 4) is 0 Å². The van der Waals surface area contributed by atoms with Crippen LogP contribution in [0.15, 0.2) is 4.99 Å². The van der Waals surface area contributed by atoms with Crippen LogP contribution in [0.5, 0.6) is 0 Å². The lowest BCUT2D eigenvalue weighted by Crippen LogP contribution is -2.39. The van der Waals surface area contributed by atoms with Crippen LogP contribution in [0.3, 0.4) is 0 Å². The number of guanidine groups is 1. The summed E-state index contributed by atoms with van der Waals surface area (Å²) in [5, 5.41) is 6.36. The van der Waals surface area contributed by atoms with E-state index in [1.807, 2.05) is 0 Å². The van der Waals surface area contributed by atoms with E-state index in [4.69, 9.17) is 9.47 Å². The number of sulfonamides is 1. The molecular weight excluding hydrogens is 332 g/mol. The second kappa shape index (κ2) is 12.5. The van der Waals surface area contributed by atoms with Crippen LogP contribution < -0.4 is 15.4 Å². The Hall–Kier alpha value is -0.900.